The third-order valence-electron chi connectivity index (χ3n) is 5.16. The van der Waals surface area contributed by atoms with E-state index in [1.807, 2.05) is 7.05 Å². The highest BCUT2D eigenvalue weighted by molar-refractivity contribution is 14.0. The van der Waals surface area contributed by atoms with E-state index >= 15 is 0 Å². The molecule has 1 aromatic carbocycles. The van der Waals surface area contributed by atoms with E-state index in [1.165, 1.54) is 10.4 Å². The first kappa shape index (κ1) is 20.6. The van der Waals surface area contributed by atoms with Crippen LogP contribution in [0.25, 0.3) is 0 Å². The lowest BCUT2D eigenvalue weighted by Crippen LogP contribution is -2.50. The summed E-state index contributed by atoms with van der Waals surface area (Å²) in [4.78, 5) is 10.7. The van der Waals surface area contributed by atoms with Gasteiger partial charge >= 0.3 is 0 Å². The molecule has 2 aliphatic rings. The number of hydrogen-bond donors (Lipinski definition) is 1. The first-order valence-electron chi connectivity index (χ1n) is 9.21. The Hall–Kier alpha value is -1.16. The number of hydrogen-bond acceptors (Lipinski definition) is 4. The van der Waals surface area contributed by atoms with Gasteiger partial charge in [0.1, 0.15) is 0 Å². The summed E-state index contributed by atoms with van der Waals surface area (Å²) < 4.78 is 6.08. The molecule has 1 aromatic heterocycles. The van der Waals surface area contributed by atoms with Gasteiger partial charge < -0.3 is 15.0 Å². The fraction of sp³-hybridized carbons (Fsp3) is 0.450. The zero-order valence-electron chi connectivity index (χ0n) is 15.6. The normalized spacial score (nSPS) is 23.0. The van der Waals surface area contributed by atoms with Crippen LogP contribution in [0.1, 0.15) is 10.4 Å². The molecule has 5 nitrogen and oxygen atoms in total. The van der Waals surface area contributed by atoms with Crippen LogP contribution in [-0.2, 0) is 17.8 Å². The van der Waals surface area contributed by atoms with Crippen molar-refractivity contribution in [3.8, 4) is 0 Å². The molecule has 2 atom stereocenters. The Morgan fingerprint density at radius 1 is 1.22 bits per heavy atom. The summed E-state index contributed by atoms with van der Waals surface area (Å²) in [6, 6.07) is 15.4. The van der Waals surface area contributed by atoms with Gasteiger partial charge in [0.25, 0.3) is 0 Å². The number of rotatable bonds is 4. The highest BCUT2D eigenvalue weighted by Crippen LogP contribution is 2.24. The van der Waals surface area contributed by atoms with E-state index in [4.69, 9.17) is 4.74 Å². The largest absolute Gasteiger partial charge is 0.373 e. The van der Waals surface area contributed by atoms with Crippen molar-refractivity contribution in [3.05, 3.63) is 58.3 Å². The van der Waals surface area contributed by atoms with Crippen LogP contribution in [0.5, 0.6) is 0 Å². The smallest absolute Gasteiger partial charge is 0.194 e. The van der Waals surface area contributed by atoms with Gasteiger partial charge in [-0.3, -0.25) is 9.89 Å². The lowest BCUT2D eigenvalue weighted by molar-refractivity contribution is -0.0502. The van der Waals surface area contributed by atoms with Gasteiger partial charge in [0, 0.05) is 38.1 Å². The van der Waals surface area contributed by atoms with E-state index < -0.39 is 0 Å². The minimum atomic E-state index is 0. The summed E-state index contributed by atoms with van der Waals surface area (Å²) in [6.45, 7) is 5.47. The number of nitrogens with one attached hydrogen (secondary N) is 1. The van der Waals surface area contributed by atoms with Crippen molar-refractivity contribution in [1.29, 1.82) is 0 Å². The van der Waals surface area contributed by atoms with Crippen LogP contribution in [-0.4, -0.2) is 61.2 Å². The summed E-state index contributed by atoms with van der Waals surface area (Å²) >= 11 is 1.77. The molecule has 2 unspecified atom stereocenters. The van der Waals surface area contributed by atoms with Crippen LogP contribution in [0.4, 0.5) is 0 Å². The van der Waals surface area contributed by atoms with Gasteiger partial charge in [0.15, 0.2) is 5.96 Å². The molecule has 0 radical (unpaired) electrons. The van der Waals surface area contributed by atoms with Crippen molar-refractivity contribution in [2.45, 2.75) is 25.2 Å². The summed E-state index contributed by atoms with van der Waals surface area (Å²) in [6.07, 6.45) is 0.257. The van der Waals surface area contributed by atoms with Crippen molar-refractivity contribution in [2.24, 2.45) is 4.99 Å². The van der Waals surface area contributed by atoms with E-state index in [2.05, 4.69) is 68.0 Å². The van der Waals surface area contributed by atoms with Crippen molar-refractivity contribution in [3.63, 3.8) is 0 Å². The number of morpholine rings is 1. The number of nitrogens with zero attached hydrogens (tertiary/aromatic N) is 3. The van der Waals surface area contributed by atoms with Crippen LogP contribution < -0.4 is 5.32 Å². The van der Waals surface area contributed by atoms with Crippen LogP contribution in [0.15, 0.2) is 52.8 Å². The number of guanidine groups is 1. The van der Waals surface area contributed by atoms with Gasteiger partial charge in [-0.1, -0.05) is 36.4 Å². The van der Waals surface area contributed by atoms with Crippen molar-refractivity contribution in [1.82, 2.24) is 15.1 Å². The molecule has 7 heteroatoms. The molecule has 3 heterocycles. The Kier molecular flexibility index (Phi) is 7.51. The highest BCUT2D eigenvalue weighted by Gasteiger charge is 2.41. The molecule has 1 N–H and O–H groups in total. The number of halogens is 1. The number of fused-ring (bicyclic) bond motifs is 1. The maximum atomic E-state index is 6.08. The maximum Gasteiger partial charge on any atom is 0.194 e. The molecule has 0 saturated carbocycles. The second kappa shape index (κ2) is 9.86. The Labute approximate surface area is 182 Å². The van der Waals surface area contributed by atoms with E-state index in [-0.39, 0.29) is 30.1 Å². The summed E-state index contributed by atoms with van der Waals surface area (Å²) in [7, 11) is 1.86. The number of likely N-dealkylation sites (tertiary alicyclic amines) is 1. The predicted molar refractivity (Wildman–Crippen MR) is 122 cm³/mol. The maximum absolute atomic E-state index is 6.08. The minimum absolute atomic E-state index is 0. The van der Waals surface area contributed by atoms with Crippen LogP contribution in [0, 0.1) is 0 Å². The first-order valence-corrected chi connectivity index (χ1v) is 10.1. The fourth-order valence-electron chi connectivity index (χ4n) is 3.86. The molecule has 2 aliphatic heterocycles. The van der Waals surface area contributed by atoms with Gasteiger partial charge in [-0.15, -0.1) is 35.3 Å². The molecular weight excluding hydrogens is 471 g/mol. The number of ether oxygens (including phenoxy) is 1. The quantitative estimate of drug-likeness (QED) is 0.400. The Balaban J connectivity index is 0.00000210. The van der Waals surface area contributed by atoms with Crippen molar-refractivity contribution >= 4 is 41.3 Å². The molecule has 2 fully saturated rings. The molecule has 27 heavy (non-hydrogen) atoms. The molecule has 0 bridgehead atoms. The number of thiophene rings is 1. The average Bonchev–Trinajstić information content (AvgIpc) is 3.33. The highest BCUT2D eigenvalue weighted by atomic mass is 127. The lowest BCUT2D eigenvalue weighted by Gasteiger charge is -2.36. The number of benzene rings is 1. The third kappa shape index (κ3) is 5.01. The predicted octanol–water partition coefficient (Wildman–Crippen LogP) is 3.03. The Bertz CT molecular complexity index is 725. The zero-order valence-corrected chi connectivity index (χ0v) is 18.7. The van der Waals surface area contributed by atoms with Gasteiger partial charge in [0.2, 0.25) is 0 Å². The van der Waals surface area contributed by atoms with E-state index in [0.29, 0.717) is 6.04 Å². The number of aliphatic imine (C=N–C) groups is 1. The second-order valence-electron chi connectivity index (χ2n) is 6.82. The molecule has 2 aromatic rings. The van der Waals surface area contributed by atoms with E-state index in [1.54, 1.807) is 11.3 Å². The van der Waals surface area contributed by atoms with Gasteiger partial charge in [0.05, 0.1) is 25.3 Å². The van der Waals surface area contributed by atoms with Crippen molar-refractivity contribution < 1.29 is 4.74 Å². The summed E-state index contributed by atoms with van der Waals surface area (Å²) in [5, 5.41) is 5.61. The van der Waals surface area contributed by atoms with Gasteiger partial charge in [-0.05, 0) is 17.0 Å². The summed E-state index contributed by atoms with van der Waals surface area (Å²) in [5.41, 5.74) is 1.37. The third-order valence-corrected chi connectivity index (χ3v) is 6.03. The Morgan fingerprint density at radius 3 is 2.81 bits per heavy atom. The zero-order chi connectivity index (χ0) is 17.8. The van der Waals surface area contributed by atoms with Gasteiger partial charge in [-0.2, -0.15) is 0 Å². The standard InChI is InChI=1S/C20H26N4OS.HI/c1-21-20(22-12-17-8-5-11-26-17)24-14-18-19(15-24)25-10-9-23(18)13-16-6-3-2-4-7-16;/h2-8,11,18-19H,9-10,12-15H2,1H3,(H,21,22);1H. The summed E-state index contributed by atoms with van der Waals surface area (Å²) in [5.74, 6) is 0.969. The SMILES string of the molecule is CN=C(NCc1cccs1)N1CC2OCCN(Cc3ccccc3)C2C1.I. The van der Waals surface area contributed by atoms with E-state index in [0.717, 1.165) is 45.3 Å². The monoisotopic (exact) mass is 498 g/mol. The fourth-order valence-corrected chi connectivity index (χ4v) is 4.50. The minimum Gasteiger partial charge on any atom is -0.373 e. The first-order chi connectivity index (χ1) is 12.8. The van der Waals surface area contributed by atoms with Crippen LogP contribution in [0.2, 0.25) is 0 Å². The van der Waals surface area contributed by atoms with Crippen LogP contribution in [0.3, 0.4) is 0 Å². The molecule has 2 saturated heterocycles. The van der Waals surface area contributed by atoms with Gasteiger partial charge in [-0.25, -0.2) is 0 Å². The molecular formula is C20H27IN4OS. The molecule has 146 valence electrons. The second-order valence-corrected chi connectivity index (χ2v) is 7.85. The average molecular weight is 498 g/mol. The van der Waals surface area contributed by atoms with E-state index in [9.17, 15) is 0 Å². The lowest BCUT2D eigenvalue weighted by atomic mass is 10.1. The molecule has 0 amide bonds. The molecule has 4 rings (SSSR count). The molecule has 0 spiro atoms. The molecule has 0 aliphatic carbocycles. The Morgan fingerprint density at radius 2 is 2.07 bits per heavy atom. The van der Waals surface area contributed by atoms with Crippen molar-refractivity contribution in [2.75, 3.05) is 33.3 Å². The van der Waals surface area contributed by atoms with Crippen LogP contribution >= 0.6 is 35.3 Å². The topological polar surface area (TPSA) is 40.1 Å².